The van der Waals surface area contributed by atoms with Crippen molar-refractivity contribution in [2.24, 2.45) is 0 Å². The van der Waals surface area contributed by atoms with Crippen LogP contribution in [0.2, 0.25) is 0 Å². The number of hydrogen-bond acceptors (Lipinski definition) is 0. The Kier molecular flexibility index (Phi) is 604. The summed E-state index contributed by atoms with van der Waals surface area (Å²) in [7, 11) is 0. The van der Waals surface area contributed by atoms with E-state index in [1.807, 2.05) is 0 Å². The minimum atomic E-state index is 0. The molecule has 0 atom stereocenters. The van der Waals surface area contributed by atoms with Crippen LogP contribution in [0.3, 0.4) is 0 Å². The van der Waals surface area contributed by atoms with Gasteiger partial charge in [0.2, 0.25) is 0 Å². The van der Waals surface area contributed by atoms with E-state index in [2.05, 4.69) is 0 Å². The molecule has 0 aliphatic heterocycles. The van der Waals surface area contributed by atoms with Crippen LogP contribution in [-0.2, 0) is 0 Å². The van der Waals surface area contributed by atoms with Crippen LogP contribution >= 0.6 is 0 Å². The quantitative estimate of drug-likeness (QED) is 0.301. The van der Waals surface area contributed by atoms with Crippen molar-refractivity contribution in [2.75, 3.05) is 0 Å². The smallest absolute Gasteiger partial charge is 1.00 e. The zero-order valence-corrected chi connectivity index (χ0v) is 12.6. The molecule has 8 heteroatoms. The monoisotopic (exact) mass is 515 g/mol. The standard InChI is InChI=1S/6ClH.Eu.Sm/h6*1H;;/q;;;;;;2*+3/p-6. The summed E-state index contributed by atoms with van der Waals surface area (Å²) in [6.07, 6.45) is 0. The Morgan fingerprint density at radius 3 is 0.375 bits per heavy atom. The van der Waals surface area contributed by atoms with Gasteiger partial charge in [-0.2, -0.15) is 0 Å². The maximum absolute atomic E-state index is 0. The summed E-state index contributed by atoms with van der Waals surface area (Å²) in [4.78, 5) is 0. The molecule has 0 aromatic rings. The average molecular weight is 515 g/mol. The van der Waals surface area contributed by atoms with Gasteiger partial charge in [-0.1, -0.05) is 0 Å². The van der Waals surface area contributed by atoms with Crippen molar-refractivity contribution in [3.05, 3.63) is 0 Å². The fraction of sp³-hybridized carbons (Fsp3) is 0. The largest absolute Gasteiger partial charge is 3.00 e. The maximum atomic E-state index is 0. The van der Waals surface area contributed by atoms with Crippen LogP contribution in [0.5, 0.6) is 0 Å². The molecular weight excluding hydrogens is 515 g/mol. The molecule has 55 valence electrons. The van der Waals surface area contributed by atoms with Crippen LogP contribution in [0, 0.1) is 89.8 Å². The third kappa shape index (κ3) is 45.8. The van der Waals surface area contributed by atoms with E-state index >= 15 is 0 Å². The second-order valence-corrected chi connectivity index (χ2v) is 0. The van der Waals surface area contributed by atoms with Gasteiger partial charge in [-0.3, -0.25) is 0 Å². The first-order valence-corrected chi connectivity index (χ1v) is 0. The van der Waals surface area contributed by atoms with Gasteiger partial charge in [0.1, 0.15) is 0 Å². The SMILES string of the molecule is [Cl-].[Cl-].[Cl-].[Cl-].[Cl-].[Cl-].[Eu+3].[Sm+3]. The molecule has 0 saturated carbocycles. The first-order valence-electron chi connectivity index (χ1n) is 0. The van der Waals surface area contributed by atoms with Crippen LogP contribution in [-0.4, -0.2) is 0 Å². The maximum Gasteiger partial charge on any atom is 3.00 e. The first kappa shape index (κ1) is 79.2. The van der Waals surface area contributed by atoms with Gasteiger partial charge in [-0.05, 0) is 0 Å². The van der Waals surface area contributed by atoms with Crippen molar-refractivity contribution in [3.8, 4) is 0 Å². The summed E-state index contributed by atoms with van der Waals surface area (Å²) in [5.41, 5.74) is 0. The summed E-state index contributed by atoms with van der Waals surface area (Å²) < 4.78 is 0. The zero-order valence-electron chi connectivity index (χ0n) is 3.05. The number of rotatable bonds is 0. The predicted molar refractivity (Wildman–Crippen MR) is 0 cm³/mol. The van der Waals surface area contributed by atoms with E-state index in [0.717, 1.165) is 0 Å². The van der Waals surface area contributed by atoms with Crippen molar-refractivity contribution in [2.45, 2.75) is 0 Å². The second kappa shape index (κ2) is 61.0. The molecule has 0 bridgehead atoms. The van der Waals surface area contributed by atoms with Gasteiger partial charge < -0.3 is 74.4 Å². The van der Waals surface area contributed by atoms with E-state index in [0.29, 0.717) is 0 Å². The molecule has 0 amide bonds. The Labute approximate surface area is 160 Å². The van der Waals surface area contributed by atoms with Gasteiger partial charge in [-0.15, -0.1) is 0 Å². The first-order chi connectivity index (χ1) is 0. The third-order valence-corrected chi connectivity index (χ3v) is 0. The number of halogens is 6. The normalized spacial score (nSPS) is 0. The minimum absolute atomic E-state index is 0. The molecule has 0 N–H and O–H groups in total. The average Bonchev–Trinajstić information content (AvgIpc) is 0. The molecule has 0 aromatic heterocycles. The molecule has 0 rings (SSSR count). The molecule has 0 nitrogen and oxygen atoms in total. The predicted octanol–water partition coefficient (Wildman–Crippen LogP) is -18.0. The zero-order chi connectivity index (χ0) is 0. The van der Waals surface area contributed by atoms with Gasteiger partial charge in [0.05, 0.1) is 0 Å². The van der Waals surface area contributed by atoms with Gasteiger partial charge in [0.25, 0.3) is 0 Å². The molecule has 0 saturated heterocycles. The van der Waals surface area contributed by atoms with Crippen LogP contribution < -0.4 is 74.4 Å². The Morgan fingerprint density at radius 1 is 0.375 bits per heavy atom. The molecule has 0 fully saturated rings. The Hall–Kier alpha value is 4.66. The van der Waals surface area contributed by atoms with Crippen molar-refractivity contribution in [3.63, 3.8) is 0 Å². The molecule has 1 radical (unpaired) electrons. The van der Waals surface area contributed by atoms with Crippen LogP contribution in [0.4, 0.5) is 0 Å². The van der Waals surface area contributed by atoms with Gasteiger partial charge in [-0.25, -0.2) is 0 Å². The molecule has 0 aliphatic carbocycles. The van der Waals surface area contributed by atoms with Crippen LogP contribution in [0.25, 0.3) is 0 Å². The molecular formula is Cl6EuSm. The summed E-state index contributed by atoms with van der Waals surface area (Å²) in [6.45, 7) is 0. The van der Waals surface area contributed by atoms with Crippen LogP contribution in [0.15, 0.2) is 0 Å². The summed E-state index contributed by atoms with van der Waals surface area (Å²) in [5, 5.41) is 0. The molecule has 0 unspecified atom stereocenters. The molecule has 0 heterocycles. The Bertz CT molecular complexity index is 8.49. The topological polar surface area (TPSA) is 0 Å². The van der Waals surface area contributed by atoms with E-state index in [9.17, 15) is 0 Å². The molecule has 0 spiro atoms. The van der Waals surface area contributed by atoms with E-state index in [-0.39, 0.29) is 164 Å². The van der Waals surface area contributed by atoms with E-state index < -0.39 is 0 Å². The van der Waals surface area contributed by atoms with E-state index in [1.165, 1.54) is 0 Å². The van der Waals surface area contributed by atoms with Crippen molar-refractivity contribution in [1.29, 1.82) is 0 Å². The van der Waals surface area contributed by atoms with E-state index in [1.54, 1.807) is 0 Å². The summed E-state index contributed by atoms with van der Waals surface area (Å²) in [5.74, 6) is 0. The third-order valence-electron chi connectivity index (χ3n) is 0. The van der Waals surface area contributed by atoms with Crippen molar-refractivity contribution in [1.82, 2.24) is 0 Å². The van der Waals surface area contributed by atoms with Gasteiger partial charge >= 0.3 is 89.8 Å². The summed E-state index contributed by atoms with van der Waals surface area (Å²) >= 11 is 0. The fourth-order valence-corrected chi connectivity index (χ4v) is 0. The Balaban J connectivity index is 0. The summed E-state index contributed by atoms with van der Waals surface area (Å²) in [6, 6.07) is 0. The second-order valence-electron chi connectivity index (χ2n) is 0. The molecule has 0 aromatic carbocycles. The van der Waals surface area contributed by atoms with Crippen molar-refractivity contribution < 1.29 is 164 Å². The van der Waals surface area contributed by atoms with Gasteiger partial charge in [0, 0.05) is 0 Å². The van der Waals surface area contributed by atoms with E-state index in [4.69, 9.17) is 0 Å². The molecule has 0 aliphatic rings. The molecule has 8 heavy (non-hydrogen) atoms. The minimum Gasteiger partial charge on any atom is -1.00 e. The fourth-order valence-electron chi connectivity index (χ4n) is 0. The van der Waals surface area contributed by atoms with Crippen molar-refractivity contribution >= 4 is 0 Å². The number of hydrogen-bond donors (Lipinski definition) is 0. The van der Waals surface area contributed by atoms with Gasteiger partial charge in [0.15, 0.2) is 0 Å². The van der Waals surface area contributed by atoms with Crippen LogP contribution in [0.1, 0.15) is 0 Å². The Morgan fingerprint density at radius 2 is 0.375 bits per heavy atom.